The lowest BCUT2D eigenvalue weighted by atomic mass is 9.99. The van der Waals surface area contributed by atoms with Crippen molar-refractivity contribution in [3.63, 3.8) is 0 Å². The summed E-state index contributed by atoms with van der Waals surface area (Å²) in [5.41, 5.74) is 2.54. The van der Waals surface area contributed by atoms with Crippen molar-refractivity contribution in [1.29, 1.82) is 5.26 Å². The first-order valence-corrected chi connectivity index (χ1v) is 11.2. The number of benzene rings is 1. The van der Waals surface area contributed by atoms with Gasteiger partial charge >= 0.3 is 18.2 Å². The molecule has 3 heterocycles. The van der Waals surface area contributed by atoms with Crippen LogP contribution in [-0.4, -0.2) is 75.4 Å². The average Bonchev–Trinajstić information content (AvgIpc) is 2.87. The van der Waals surface area contributed by atoms with Gasteiger partial charge in [0.2, 0.25) is 0 Å². The van der Waals surface area contributed by atoms with Gasteiger partial charge < -0.3 is 29.6 Å². The van der Waals surface area contributed by atoms with E-state index in [1.54, 1.807) is 4.90 Å². The quantitative estimate of drug-likeness (QED) is 0.660. The van der Waals surface area contributed by atoms with Gasteiger partial charge in [0.15, 0.2) is 5.69 Å². The maximum atomic E-state index is 12.8. The number of hydrogen-bond donors (Lipinski definition) is 2. The summed E-state index contributed by atoms with van der Waals surface area (Å²) in [6, 6.07) is 12.5. The van der Waals surface area contributed by atoms with Gasteiger partial charge in [0.1, 0.15) is 6.61 Å². The summed E-state index contributed by atoms with van der Waals surface area (Å²) in [7, 11) is 0. The van der Waals surface area contributed by atoms with Gasteiger partial charge in [-0.3, -0.25) is 0 Å². The van der Waals surface area contributed by atoms with E-state index in [-0.39, 0.29) is 31.8 Å². The summed E-state index contributed by atoms with van der Waals surface area (Å²) in [4.78, 5) is 44.8. The number of pyridine rings is 1. The van der Waals surface area contributed by atoms with Gasteiger partial charge in [-0.2, -0.15) is 5.26 Å². The minimum absolute atomic E-state index is 0.00614. The normalized spacial score (nSPS) is 17.3. The van der Waals surface area contributed by atoms with Crippen molar-refractivity contribution in [3.8, 4) is 6.07 Å². The summed E-state index contributed by atoms with van der Waals surface area (Å²) in [6.07, 6.45) is -1.11. The Morgan fingerprint density at radius 1 is 1.14 bits per heavy atom. The zero-order valence-corrected chi connectivity index (χ0v) is 19.0. The number of nitrogens with zero attached hydrogens (tertiary/aromatic N) is 5. The fourth-order valence-electron chi connectivity index (χ4n) is 4.47. The lowest BCUT2D eigenvalue weighted by Crippen LogP contribution is -2.55. The number of carbonyl (C=O) groups excluding carboxylic acids is 1. The van der Waals surface area contributed by atoms with Crippen molar-refractivity contribution in [2.75, 3.05) is 31.1 Å². The average molecular weight is 479 g/mol. The van der Waals surface area contributed by atoms with E-state index in [9.17, 15) is 29.9 Å². The molecule has 4 rings (SSSR count). The summed E-state index contributed by atoms with van der Waals surface area (Å²) in [5, 5.41) is 28.3. The van der Waals surface area contributed by atoms with Gasteiger partial charge in [-0.25, -0.2) is 19.4 Å². The second kappa shape index (κ2) is 10.3. The number of carboxylic acid groups (broad SMARTS) is 2. The minimum Gasteiger partial charge on any atom is -0.477 e. The molecule has 2 amide bonds. The summed E-state index contributed by atoms with van der Waals surface area (Å²) in [5.74, 6) is -1.21. The first-order chi connectivity index (χ1) is 16.9. The molecule has 1 atom stereocenters. The van der Waals surface area contributed by atoms with E-state index in [1.165, 1.54) is 11.0 Å². The predicted octanol–water partition coefficient (Wildman–Crippen LogP) is 2.56. The van der Waals surface area contributed by atoms with Crippen molar-refractivity contribution in [2.45, 2.75) is 32.0 Å². The standard InChI is InChI=1S/C24H25N5O6/c25-8-6-17-13-27(10-11-29(17)24(34)35-15-16-4-2-1-3-5-16)21-12-19(22(30)31)26-20-14-28(23(32)33)9-7-18(20)21/h1-5,12,17H,6-7,9-11,13-15H2,(H,30,31)(H,32,33)/t17-/m0/s1. The number of carbonyl (C=O) groups is 3. The number of hydrogen-bond acceptors (Lipinski definition) is 7. The highest BCUT2D eigenvalue weighted by molar-refractivity contribution is 5.87. The number of anilines is 1. The topological polar surface area (TPSA) is 147 Å². The van der Waals surface area contributed by atoms with E-state index in [0.717, 1.165) is 11.1 Å². The number of ether oxygens (including phenoxy) is 1. The highest BCUT2D eigenvalue weighted by Crippen LogP contribution is 2.31. The van der Waals surface area contributed by atoms with E-state index >= 15 is 0 Å². The van der Waals surface area contributed by atoms with Crippen molar-refractivity contribution in [2.24, 2.45) is 0 Å². The molecule has 35 heavy (non-hydrogen) atoms. The highest BCUT2D eigenvalue weighted by atomic mass is 16.6. The predicted molar refractivity (Wildman–Crippen MR) is 123 cm³/mol. The van der Waals surface area contributed by atoms with Crippen LogP contribution in [0.3, 0.4) is 0 Å². The third kappa shape index (κ3) is 5.27. The maximum absolute atomic E-state index is 12.8. The summed E-state index contributed by atoms with van der Waals surface area (Å²) < 4.78 is 5.47. The molecular formula is C24H25N5O6. The monoisotopic (exact) mass is 479 g/mol. The molecule has 0 unspecified atom stereocenters. The molecule has 182 valence electrons. The van der Waals surface area contributed by atoms with E-state index in [2.05, 4.69) is 11.1 Å². The molecule has 2 aromatic rings. The van der Waals surface area contributed by atoms with Crippen molar-refractivity contribution in [3.05, 3.63) is 58.9 Å². The van der Waals surface area contributed by atoms with Crippen LogP contribution in [0.25, 0.3) is 0 Å². The summed E-state index contributed by atoms with van der Waals surface area (Å²) >= 11 is 0. The molecule has 1 aromatic carbocycles. The Kier molecular flexibility index (Phi) is 7.01. The van der Waals surface area contributed by atoms with Crippen LogP contribution in [0.1, 0.15) is 33.7 Å². The van der Waals surface area contributed by atoms with Gasteiger partial charge in [0, 0.05) is 37.4 Å². The van der Waals surface area contributed by atoms with Gasteiger partial charge in [0.05, 0.1) is 30.8 Å². The fraction of sp³-hybridized carbons (Fsp3) is 0.375. The van der Waals surface area contributed by atoms with Gasteiger partial charge in [-0.05, 0) is 18.1 Å². The zero-order chi connectivity index (χ0) is 24.9. The Morgan fingerprint density at radius 3 is 2.60 bits per heavy atom. The third-order valence-corrected chi connectivity index (χ3v) is 6.24. The number of aromatic carboxylic acids is 1. The van der Waals surface area contributed by atoms with E-state index in [0.29, 0.717) is 37.4 Å². The number of fused-ring (bicyclic) bond motifs is 1. The second-order valence-electron chi connectivity index (χ2n) is 8.41. The summed E-state index contributed by atoms with van der Waals surface area (Å²) in [6.45, 7) is 1.41. The fourth-order valence-corrected chi connectivity index (χ4v) is 4.47. The first kappa shape index (κ1) is 23.8. The molecule has 0 saturated carbocycles. The van der Waals surface area contributed by atoms with Crippen LogP contribution < -0.4 is 4.90 Å². The van der Waals surface area contributed by atoms with E-state index < -0.39 is 24.2 Å². The maximum Gasteiger partial charge on any atom is 0.410 e. The van der Waals surface area contributed by atoms with E-state index in [1.807, 2.05) is 35.2 Å². The lowest BCUT2D eigenvalue weighted by molar-refractivity contribution is 0.0689. The molecule has 2 N–H and O–H groups in total. The molecule has 11 heteroatoms. The van der Waals surface area contributed by atoms with Gasteiger partial charge in [-0.1, -0.05) is 30.3 Å². The molecule has 0 spiro atoms. The van der Waals surface area contributed by atoms with Crippen LogP contribution in [0.15, 0.2) is 36.4 Å². The molecule has 1 saturated heterocycles. The van der Waals surface area contributed by atoms with Crippen LogP contribution in [0.2, 0.25) is 0 Å². The zero-order valence-electron chi connectivity index (χ0n) is 19.0. The number of amides is 2. The lowest BCUT2D eigenvalue weighted by Gasteiger charge is -2.42. The Balaban J connectivity index is 1.54. The van der Waals surface area contributed by atoms with Gasteiger partial charge in [-0.15, -0.1) is 0 Å². The van der Waals surface area contributed by atoms with Crippen molar-refractivity contribution in [1.82, 2.24) is 14.8 Å². The SMILES string of the molecule is N#CC[C@H]1CN(c2cc(C(=O)O)nc3c2CCN(C(=O)O)C3)CCN1C(=O)OCc1ccccc1. The number of aromatic nitrogens is 1. The Hall–Kier alpha value is -4.33. The van der Waals surface area contributed by atoms with Crippen LogP contribution in [-0.2, 0) is 24.3 Å². The minimum atomic E-state index is -1.21. The number of rotatable bonds is 5. The van der Waals surface area contributed by atoms with Crippen LogP contribution in [0.4, 0.5) is 15.3 Å². The van der Waals surface area contributed by atoms with Crippen molar-refractivity contribution >= 4 is 23.8 Å². The van der Waals surface area contributed by atoms with Crippen molar-refractivity contribution < 1.29 is 29.3 Å². The molecule has 1 aromatic heterocycles. The Bertz CT molecular complexity index is 1160. The largest absolute Gasteiger partial charge is 0.477 e. The molecule has 11 nitrogen and oxygen atoms in total. The Morgan fingerprint density at radius 2 is 1.91 bits per heavy atom. The highest BCUT2D eigenvalue weighted by Gasteiger charge is 2.34. The van der Waals surface area contributed by atoms with Gasteiger partial charge in [0.25, 0.3) is 0 Å². The first-order valence-electron chi connectivity index (χ1n) is 11.2. The van der Waals surface area contributed by atoms with Crippen LogP contribution in [0, 0.1) is 11.3 Å². The molecule has 0 aliphatic carbocycles. The number of nitriles is 1. The Labute approximate surface area is 201 Å². The smallest absolute Gasteiger partial charge is 0.410 e. The van der Waals surface area contributed by atoms with Crippen LogP contribution >= 0.6 is 0 Å². The molecule has 1 fully saturated rings. The molecule has 2 aliphatic rings. The second-order valence-corrected chi connectivity index (χ2v) is 8.41. The third-order valence-electron chi connectivity index (χ3n) is 6.24. The number of carboxylic acids is 1. The molecule has 0 bridgehead atoms. The number of piperazine rings is 1. The molecule has 2 aliphatic heterocycles. The van der Waals surface area contributed by atoms with E-state index in [4.69, 9.17) is 4.74 Å². The van der Waals surface area contributed by atoms with Crippen LogP contribution in [0.5, 0.6) is 0 Å². The molecule has 0 radical (unpaired) electrons. The molecular weight excluding hydrogens is 454 g/mol.